The van der Waals surface area contributed by atoms with Crippen molar-refractivity contribution in [3.63, 3.8) is 0 Å². The molecule has 2 rings (SSSR count). The van der Waals surface area contributed by atoms with E-state index < -0.39 is 15.5 Å². The van der Waals surface area contributed by atoms with Crippen molar-refractivity contribution in [2.75, 3.05) is 11.9 Å². The van der Waals surface area contributed by atoms with Crippen LogP contribution in [0.25, 0.3) is 0 Å². The Labute approximate surface area is 188 Å². The molecular formula is C22H31FN4O4S. The third-order valence-electron chi connectivity index (χ3n) is 4.81. The average molecular weight is 467 g/mol. The highest BCUT2D eigenvalue weighted by Gasteiger charge is 2.21. The number of nitrogens with two attached hydrogens (primary N) is 1. The van der Waals surface area contributed by atoms with Gasteiger partial charge < -0.3 is 15.4 Å². The number of benzene rings is 1. The molecule has 176 valence electrons. The second-order valence-corrected chi connectivity index (χ2v) is 9.19. The van der Waals surface area contributed by atoms with Crippen molar-refractivity contribution >= 4 is 21.7 Å². The van der Waals surface area contributed by atoms with Gasteiger partial charge in [-0.1, -0.05) is 37.8 Å². The maximum Gasteiger partial charge on any atom is 0.319 e. The fourth-order valence-corrected chi connectivity index (χ4v) is 3.82. The Morgan fingerprint density at radius 3 is 2.28 bits per heavy atom. The number of halogens is 1. The second kappa shape index (κ2) is 13.8. The third-order valence-corrected chi connectivity index (χ3v) is 5.91. The summed E-state index contributed by atoms with van der Waals surface area (Å²) in [4.78, 5) is 15.6. The Kier molecular flexibility index (Phi) is 11.1. The summed E-state index contributed by atoms with van der Waals surface area (Å²) < 4.78 is 42.0. The number of rotatable bonds is 14. The Morgan fingerprint density at radius 2 is 1.62 bits per heavy atom. The van der Waals surface area contributed by atoms with Gasteiger partial charge >= 0.3 is 6.03 Å². The lowest BCUT2D eigenvalue weighted by molar-refractivity contribution is 0.0847. The molecule has 1 aromatic carbocycles. The second-order valence-electron chi connectivity index (χ2n) is 7.48. The first-order valence-corrected chi connectivity index (χ1v) is 12.3. The highest BCUT2D eigenvalue weighted by molar-refractivity contribution is 7.89. The van der Waals surface area contributed by atoms with Crippen LogP contribution in [0.2, 0.25) is 0 Å². The van der Waals surface area contributed by atoms with Gasteiger partial charge in [0.05, 0.1) is 6.61 Å². The maximum absolute atomic E-state index is 12.9. The molecule has 2 aromatic rings. The summed E-state index contributed by atoms with van der Waals surface area (Å²) in [5, 5.41) is 10.8. The summed E-state index contributed by atoms with van der Waals surface area (Å²) in [5.41, 5.74) is 0.302. The number of primary sulfonamides is 1. The van der Waals surface area contributed by atoms with Gasteiger partial charge in [0.1, 0.15) is 5.82 Å². The van der Waals surface area contributed by atoms with Crippen molar-refractivity contribution in [3.8, 4) is 0 Å². The van der Waals surface area contributed by atoms with E-state index in [1.165, 1.54) is 12.1 Å². The summed E-state index contributed by atoms with van der Waals surface area (Å²) in [6.45, 7) is 0.644. The van der Waals surface area contributed by atoms with E-state index in [1.807, 2.05) is 0 Å². The van der Waals surface area contributed by atoms with Crippen LogP contribution in [-0.4, -0.2) is 31.4 Å². The van der Waals surface area contributed by atoms with Crippen LogP contribution in [0.3, 0.4) is 0 Å². The molecule has 0 aliphatic heterocycles. The van der Waals surface area contributed by atoms with Crippen LogP contribution >= 0.6 is 0 Å². The molecule has 0 bridgehead atoms. The summed E-state index contributed by atoms with van der Waals surface area (Å²) in [7, 11) is -3.82. The monoisotopic (exact) mass is 466 g/mol. The van der Waals surface area contributed by atoms with E-state index in [1.54, 1.807) is 36.7 Å². The van der Waals surface area contributed by atoms with E-state index in [2.05, 4.69) is 15.6 Å². The summed E-state index contributed by atoms with van der Waals surface area (Å²) >= 11 is 0. The van der Waals surface area contributed by atoms with Gasteiger partial charge in [0.2, 0.25) is 10.0 Å². The van der Waals surface area contributed by atoms with Gasteiger partial charge in [-0.25, -0.2) is 22.7 Å². The zero-order chi connectivity index (χ0) is 23.2. The van der Waals surface area contributed by atoms with Crippen LogP contribution < -0.4 is 15.8 Å². The van der Waals surface area contributed by atoms with Gasteiger partial charge in [0.15, 0.2) is 5.44 Å². The molecule has 8 nitrogen and oxygen atoms in total. The molecule has 0 saturated carbocycles. The van der Waals surface area contributed by atoms with E-state index in [9.17, 15) is 17.6 Å². The number of ether oxygens (including phenoxy) is 1. The Bertz CT molecular complexity index is 911. The minimum Gasteiger partial charge on any atom is -0.356 e. The molecule has 0 spiro atoms. The van der Waals surface area contributed by atoms with E-state index in [4.69, 9.17) is 9.88 Å². The Morgan fingerprint density at radius 1 is 1.00 bits per heavy atom. The summed E-state index contributed by atoms with van der Waals surface area (Å²) in [6, 6.07) is 8.88. The van der Waals surface area contributed by atoms with Crippen LogP contribution in [0.1, 0.15) is 50.5 Å². The van der Waals surface area contributed by atoms with E-state index >= 15 is 0 Å². The van der Waals surface area contributed by atoms with E-state index in [0.717, 1.165) is 32.1 Å². The van der Waals surface area contributed by atoms with Gasteiger partial charge in [-0.2, -0.15) is 0 Å². The summed E-state index contributed by atoms with van der Waals surface area (Å²) in [6.07, 6.45) is 8.86. The van der Waals surface area contributed by atoms with Crippen LogP contribution in [0.4, 0.5) is 14.9 Å². The number of hydrogen-bond donors (Lipinski definition) is 3. The number of amides is 2. The number of aromatic nitrogens is 1. The highest BCUT2D eigenvalue weighted by Crippen LogP contribution is 2.15. The number of nitrogens with zero attached hydrogens (tertiary/aromatic N) is 1. The Balaban J connectivity index is 1.53. The molecular weight excluding hydrogens is 435 g/mol. The van der Waals surface area contributed by atoms with Crippen molar-refractivity contribution in [1.82, 2.24) is 10.3 Å². The lowest BCUT2D eigenvalue weighted by atomic mass is 10.1. The lowest BCUT2D eigenvalue weighted by Gasteiger charge is -2.16. The molecule has 1 aromatic heterocycles. The van der Waals surface area contributed by atoms with Gasteiger partial charge in [-0.15, -0.1) is 0 Å². The number of carbonyl (C=O) groups is 1. The van der Waals surface area contributed by atoms with E-state index in [0.29, 0.717) is 30.6 Å². The molecule has 10 heteroatoms. The zero-order valence-electron chi connectivity index (χ0n) is 18.0. The standard InChI is InChI=1S/C22H31FN4O4S/c23-19-10-8-18(9-11-19)17-31-21(32(24,29)30)7-5-3-1-2-4-6-14-26-22(28)27-20-12-15-25-16-13-20/h8-13,15-16,21H,1-7,14,17H2,(H2,24,29,30)(H2,25,26,27,28). The number of anilines is 1. The largest absolute Gasteiger partial charge is 0.356 e. The number of urea groups is 1. The van der Waals surface area contributed by atoms with Crippen molar-refractivity contribution in [1.29, 1.82) is 0 Å². The van der Waals surface area contributed by atoms with Crippen LogP contribution in [0.15, 0.2) is 48.8 Å². The SMILES string of the molecule is NS(=O)(=O)C(CCCCCCCCNC(=O)Nc1ccncc1)OCc1ccc(F)cc1. The first-order chi connectivity index (χ1) is 15.3. The molecule has 0 radical (unpaired) electrons. The van der Waals surface area contributed by atoms with Crippen LogP contribution in [-0.2, 0) is 21.4 Å². The number of nitrogens with one attached hydrogen (secondary N) is 2. The fraction of sp³-hybridized carbons (Fsp3) is 0.455. The molecule has 1 unspecified atom stereocenters. The van der Waals surface area contributed by atoms with Crippen molar-refractivity contribution in [2.45, 2.75) is 57.0 Å². The van der Waals surface area contributed by atoms with Crippen LogP contribution in [0.5, 0.6) is 0 Å². The van der Waals surface area contributed by atoms with Gasteiger partial charge in [0, 0.05) is 24.6 Å². The zero-order valence-corrected chi connectivity index (χ0v) is 18.8. The predicted octanol–water partition coefficient (Wildman–Crippen LogP) is 3.90. The molecule has 4 N–H and O–H groups in total. The number of sulfonamides is 1. The van der Waals surface area contributed by atoms with Gasteiger partial charge in [-0.3, -0.25) is 4.98 Å². The molecule has 2 amide bonds. The average Bonchev–Trinajstić information content (AvgIpc) is 2.75. The number of carbonyl (C=O) groups excluding carboxylic acids is 1. The minimum atomic E-state index is -3.82. The molecule has 32 heavy (non-hydrogen) atoms. The van der Waals surface area contributed by atoms with Gasteiger partial charge in [0.25, 0.3) is 0 Å². The maximum atomic E-state index is 12.9. The number of unbranched alkanes of at least 4 members (excludes halogenated alkanes) is 5. The van der Waals surface area contributed by atoms with Crippen LogP contribution in [0, 0.1) is 5.82 Å². The number of hydrogen-bond acceptors (Lipinski definition) is 5. The normalized spacial score (nSPS) is 12.3. The van der Waals surface area contributed by atoms with Crippen molar-refractivity contribution in [2.24, 2.45) is 5.14 Å². The Hall–Kier alpha value is -2.56. The first kappa shape index (κ1) is 25.7. The van der Waals surface area contributed by atoms with Crippen molar-refractivity contribution in [3.05, 3.63) is 60.2 Å². The number of pyridine rings is 1. The molecule has 1 heterocycles. The van der Waals surface area contributed by atoms with Gasteiger partial charge in [-0.05, 0) is 49.1 Å². The predicted molar refractivity (Wildman–Crippen MR) is 122 cm³/mol. The topological polar surface area (TPSA) is 123 Å². The molecule has 0 aliphatic carbocycles. The molecule has 0 fully saturated rings. The summed E-state index contributed by atoms with van der Waals surface area (Å²) in [5.74, 6) is -0.360. The quantitative estimate of drug-likeness (QED) is 0.364. The third kappa shape index (κ3) is 10.7. The highest BCUT2D eigenvalue weighted by atomic mass is 32.2. The van der Waals surface area contributed by atoms with E-state index in [-0.39, 0.29) is 18.5 Å². The molecule has 0 saturated heterocycles. The minimum absolute atomic E-state index is 0.0586. The smallest absolute Gasteiger partial charge is 0.319 e. The van der Waals surface area contributed by atoms with Crippen molar-refractivity contribution < 1.29 is 22.3 Å². The molecule has 0 aliphatic rings. The first-order valence-electron chi connectivity index (χ1n) is 10.7. The molecule has 1 atom stereocenters. The lowest BCUT2D eigenvalue weighted by Crippen LogP contribution is -2.31. The fourth-order valence-electron chi connectivity index (χ4n) is 3.07.